The first-order valence-electron chi connectivity index (χ1n) is 4.52. The van der Waals surface area contributed by atoms with Crippen LogP contribution in [0.15, 0.2) is 12.4 Å². The van der Waals surface area contributed by atoms with Gasteiger partial charge in [-0.1, -0.05) is 0 Å². The third kappa shape index (κ3) is 4.08. The van der Waals surface area contributed by atoms with E-state index in [2.05, 4.69) is 25.9 Å². The van der Waals surface area contributed by atoms with Gasteiger partial charge in [0.25, 0.3) is 0 Å². The molecular formula is C8H15N5S. The number of nitrogens with zero attached hydrogens (tertiary/aromatic N) is 1. The first kappa shape index (κ1) is 10.8. The van der Waals surface area contributed by atoms with Gasteiger partial charge < -0.3 is 20.9 Å². The summed E-state index contributed by atoms with van der Waals surface area (Å²) < 4.78 is 0. The molecule has 78 valence electrons. The number of aromatic amines is 1. The topological polar surface area (TPSA) is 64.8 Å². The fourth-order valence-corrected chi connectivity index (χ4v) is 1.05. The minimum Gasteiger partial charge on any atom is -0.366 e. The van der Waals surface area contributed by atoms with E-state index in [1.165, 1.54) is 0 Å². The van der Waals surface area contributed by atoms with Gasteiger partial charge in [0.15, 0.2) is 11.1 Å². The molecule has 0 saturated carbocycles. The van der Waals surface area contributed by atoms with Crippen molar-refractivity contribution in [2.45, 2.75) is 6.42 Å². The zero-order valence-electron chi connectivity index (χ0n) is 8.13. The maximum Gasteiger partial charge on any atom is 0.200 e. The lowest BCUT2D eigenvalue weighted by Crippen LogP contribution is -2.33. The molecule has 1 rings (SSSR count). The molecule has 14 heavy (non-hydrogen) atoms. The summed E-state index contributed by atoms with van der Waals surface area (Å²) >= 11 is 4.92. The lowest BCUT2D eigenvalue weighted by molar-refractivity contribution is 0.792. The molecule has 0 unspecified atom stereocenters. The summed E-state index contributed by atoms with van der Waals surface area (Å²) in [6.45, 7) is 1.72. The fourth-order valence-electron chi connectivity index (χ4n) is 0.947. The van der Waals surface area contributed by atoms with Crippen LogP contribution in [0.2, 0.25) is 0 Å². The predicted octanol–water partition coefficient (Wildman–Crippen LogP) is 0.306. The monoisotopic (exact) mass is 213 g/mol. The van der Waals surface area contributed by atoms with Gasteiger partial charge >= 0.3 is 0 Å². The van der Waals surface area contributed by atoms with Crippen molar-refractivity contribution in [1.82, 2.24) is 20.6 Å². The summed E-state index contributed by atoms with van der Waals surface area (Å²) in [6.07, 6.45) is 4.50. The molecule has 0 fully saturated rings. The molecule has 0 aliphatic heterocycles. The smallest absolute Gasteiger partial charge is 0.200 e. The second-order valence-corrected chi connectivity index (χ2v) is 3.13. The number of hydrogen-bond donors (Lipinski definition) is 4. The summed E-state index contributed by atoms with van der Waals surface area (Å²) in [7, 11) is 1.80. The van der Waals surface area contributed by atoms with Crippen molar-refractivity contribution in [3.63, 3.8) is 0 Å². The first-order valence-corrected chi connectivity index (χ1v) is 4.92. The number of imidazole rings is 1. The highest BCUT2D eigenvalue weighted by molar-refractivity contribution is 7.80. The fraction of sp³-hybridized carbons (Fsp3) is 0.500. The van der Waals surface area contributed by atoms with Crippen molar-refractivity contribution < 1.29 is 0 Å². The molecule has 0 aromatic carbocycles. The molecule has 5 nitrogen and oxygen atoms in total. The second kappa shape index (κ2) is 6.20. The zero-order valence-corrected chi connectivity index (χ0v) is 8.95. The Balaban J connectivity index is 1.97. The average molecular weight is 213 g/mol. The van der Waals surface area contributed by atoms with E-state index in [9.17, 15) is 0 Å². The summed E-state index contributed by atoms with van der Waals surface area (Å²) in [5.41, 5.74) is 0. The number of nitrogens with one attached hydrogen (secondary N) is 4. The van der Waals surface area contributed by atoms with Gasteiger partial charge in [-0.05, 0) is 18.6 Å². The van der Waals surface area contributed by atoms with Crippen LogP contribution in [0.1, 0.15) is 6.42 Å². The van der Waals surface area contributed by atoms with Gasteiger partial charge in [-0.2, -0.15) is 0 Å². The van der Waals surface area contributed by atoms with Crippen molar-refractivity contribution in [2.24, 2.45) is 0 Å². The molecule has 6 heteroatoms. The van der Waals surface area contributed by atoms with Crippen molar-refractivity contribution in [2.75, 3.05) is 25.5 Å². The Bertz CT molecular complexity index is 259. The van der Waals surface area contributed by atoms with E-state index in [1.807, 2.05) is 0 Å². The molecular weight excluding hydrogens is 198 g/mol. The second-order valence-electron chi connectivity index (χ2n) is 2.72. The van der Waals surface area contributed by atoms with E-state index in [1.54, 1.807) is 19.4 Å². The molecule has 0 aliphatic rings. The van der Waals surface area contributed by atoms with Gasteiger partial charge in [0.2, 0.25) is 0 Å². The zero-order chi connectivity index (χ0) is 10.2. The van der Waals surface area contributed by atoms with Gasteiger partial charge in [0, 0.05) is 32.5 Å². The van der Waals surface area contributed by atoms with Crippen LogP contribution in [0, 0.1) is 0 Å². The summed E-state index contributed by atoms with van der Waals surface area (Å²) in [4.78, 5) is 7.01. The van der Waals surface area contributed by atoms with E-state index < -0.39 is 0 Å². The SMILES string of the molecule is CNC(=S)NCCCNc1ncc[nH]1. The lowest BCUT2D eigenvalue weighted by Gasteiger charge is -2.06. The number of thiocarbonyl (C=S) groups is 1. The van der Waals surface area contributed by atoms with Gasteiger partial charge in [-0.25, -0.2) is 4.98 Å². The third-order valence-corrected chi connectivity index (χ3v) is 2.01. The van der Waals surface area contributed by atoms with Crippen LogP contribution in [0.3, 0.4) is 0 Å². The van der Waals surface area contributed by atoms with Gasteiger partial charge in [0.1, 0.15) is 0 Å². The molecule has 0 saturated heterocycles. The Kier molecular flexibility index (Phi) is 4.77. The highest BCUT2D eigenvalue weighted by Crippen LogP contribution is 1.93. The maximum atomic E-state index is 4.92. The number of hydrogen-bond acceptors (Lipinski definition) is 3. The Morgan fingerprint density at radius 1 is 1.57 bits per heavy atom. The average Bonchev–Trinajstić information content (AvgIpc) is 2.69. The lowest BCUT2D eigenvalue weighted by atomic mass is 10.4. The summed E-state index contributed by atoms with van der Waals surface area (Å²) in [5, 5.41) is 9.74. The molecule has 1 aromatic rings. The van der Waals surface area contributed by atoms with E-state index in [4.69, 9.17) is 12.2 Å². The maximum absolute atomic E-state index is 4.92. The first-order chi connectivity index (χ1) is 6.83. The normalized spacial score (nSPS) is 9.50. The Morgan fingerprint density at radius 3 is 3.07 bits per heavy atom. The van der Waals surface area contributed by atoms with E-state index in [0.717, 1.165) is 25.5 Å². The minimum atomic E-state index is 0.683. The Hall–Kier alpha value is -1.30. The molecule has 0 radical (unpaired) electrons. The van der Waals surface area contributed by atoms with Crippen molar-refractivity contribution in [3.8, 4) is 0 Å². The molecule has 0 spiro atoms. The summed E-state index contributed by atoms with van der Waals surface area (Å²) in [5.74, 6) is 0.807. The standard InChI is InChI=1S/C8H15N5S/c1-9-8(14)13-4-2-3-10-7-11-5-6-12-7/h5-6H,2-4H2,1H3,(H2,9,13,14)(H2,10,11,12). The van der Waals surface area contributed by atoms with Crippen molar-refractivity contribution in [1.29, 1.82) is 0 Å². The number of anilines is 1. The van der Waals surface area contributed by atoms with Gasteiger partial charge in [0.05, 0.1) is 0 Å². The molecule has 0 aliphatic carbocycles. The Morgan fingerprint density at radius 2 is 2.43 bits per heavy atom. The van der Waals surface area contributed by atoms with Crippen LogP contribution >= 0.6 is 12.2 Å². The molecule has 4 N–H and O–H groups in total. The van der Waals surface area contributed by atoms with Crippen LogP contribution < -0.4 is 16.0 Å². The van der Waals surface area contributed by atoms with E-state index >= 15 is 0 Å². The number of H-pyrrole nitrogens is 1. The molecule has 1 heterocycles. The van der Waals surface area contributed by atoms with Crippen LogP contribution in [0.4, 0.5) is 5.95 Å². The number of aromatic nitrogens is 2. The molecule has 0 amide bonds. The van der Waals surface area contributed by atoms with Crippen LogP contribution in [-0.2, 0) is 0 Å². The quantitative estimate of drug-likeness (QED) is 0.419. The third-order valence-electron chi connectivity index (χ3n) is 1.66. The highest BCUT2D eigenvalue weighted by atomic mass is 32.1. The largest absolute Gasteiger partial charge is 0.366 e. The van der Waals surface area contributed by atoms with Gasteiger partial charge in [-0.3, -0.25) is 0 Å². The van der Waals surface area contributed by atoms with Crippen LogP contribution in [-0.4, -0.2) is 35.2 Å². The molecule has 1 aromatic heterocycles. The highest BCUT2D eigenvalue weighted by Gasteiger charge is 1.93. The van der Waals surface area contributed by atoms with Crippen molar-refractivity contribution in [3.05, 3.63) is 12.4 Å². The molecule has 0 atom stereocenters. The minimum absolute atomic E-state index is 0.683. The molecule has 0 bridgehead atoms. The van der Waals surface area contributed by atoms with Crippen LogP contribution in [0.25, 0.3) is 0 Å². The van der Waals surface area contributed by atoms with Gasteiger partial charge in [-0.15, -0.1) is 0 Å². The van der Waals surface area contributed by atoms with Crippen LogP contribution in [0.5, 0.6) is 0 Å². The summed E-state index contributed by atoms with van der Waals surface area (Å²) in [6, 6.07) is 0. The number of rotatable bonds is 5. The van der Waals surface area contributed by atoms with E-state index in [-0.39, 0.29) is 0 Å². The Labute approximate surface area is 88.7 Å². The van der Waals surface area contributed by atoms with E-state index in [0.29, 0.717) is 5.11 Å². The van der Waals surface area contributed by atoms with Crippen molar-refractivity contribution >= 4 is 23.3 Å². The predicted molar refractivity (Wildman–Crippen MR) is 61.4 cm³/mol.